The van der Waals surface area contributed by atoms with Gasteiger partial charge in [0.1, 0.15) is 0 Å². The van der Waals surface area contributed by atoms with Gasteiger partial charge in [0, 0.05) is 18.3 Å². The third kappa shape index (κ3) is 2.99. The Kier molecular flexibility index (Phi) is 3.64. The minimum atomic E-state index is -0.866. The molecule has 0 aliphatic heterocycles. The Hall–Kier alpha value is -2.17. The first kappa shape index (κ1) is 13.3. The zero-order valence-corrected chi connectivity index (χ0v) is 10.7. The molecule has 100 valence electrons. The van der Waals surface area contributed by atoms with Gasteiger partial charge in [0.2, 0.25) is 5.56 Å². The smallest absolute Gasteiger partial charge is 0.248 e. The molecule has 19 heavy (non-hydrogen) atoms. The van der Waals surface area contributed by atoms with Crippen molar-refractivity contribution in [1.82, 2.24) is 4.98 Å². The van der Waals surface area contributed by atoms with Crippen molar-refractivity contribution < 1.29 is 8.78 Å². The van der Waals surface area contributed by atoms with Crippen molar-refractivity contribution in [2.75, 3.05) is 5.32 Å². The Morgan fingerprint density at radius 2 is 1.89 bits per heavy atom. The molecule has 3 nitrogen and oxygen atoms in total. The summed E-state index contributed by atoms with van der Waals surface area (Å²) in [6.07, 6.45) is 0. The first-order valence-electron chi connectivity index (χ1n) is 5.85. The van der Waals surface area contributed by atoms with Gasteiger partial charge in [-0.2, -0.15) is 0 Å². The molecule has 0 spiro atoms. The molecule has 2 rings (SSSR count). The van der Waals surface area contributed by atoms with Gasteiger partial charge in [-0.3, -0.25) is 4.79 Å². The van der Waals surface area contributed by atoms with Crippen LogP contribution in [0.3, 0.4) is 0 Å². The molecule has 0 saturated carbocycles. The van der Waals surface area contributed by atoms with Gasteiger partial charge in [-0.1, -0.05) is 6.07 Å². The van der Waals surface area contributed by atoms with Crippen LogP contribution in [0.4, 0.5) is 14.5 Å². The molecule has 1 aromatic heterocycles. The lowest BCUT2D eigenvalue weighted by atomic mass is 10.1. The van der Waals surface area contributed by atoms with Crippen LogP contribution in [0.15, 0.2) is 29.1 Å². The maximum Gasteiger partial charge on any atom is 0.248 e. The molecule has 0 aliphatic carbocycles. The molecule has 0 unspecified atom stereocenters. The van der Waals surface area contributed by atoms with E-state index in [0.717, 1.165) is 23.4 Å². The van der Waals surface area contributed by atoms with Gasteiger partial charge in [0.25, 0.3) is 0 Å². The zero-order valence-electron chi connectivity index (χ0n) is 10.7. The van der Waals surface area contributed by atoms with Crippen molar-refractivity contribution >= 4 is 5.69 Å². The van der Waals surface area contributed by atoms with Crippen LogP contribution in [0.25, 0.3) is 0 Å². The molecule has 0 amide bonds. The molecule has 2 N–H and O–H groups in total. The molecule has 0 saturated heterocycles. The lowest BCUT2D eigenvalue weighted by Crippen LogP contribution is -2.12. The molecule has 0 fully saturated rings. The SMILES string of the molecule is Cc1cc(=O)[nH]c(C)c1NCc1ccc(F)c(F)c1. The fraction of sp³-hybridized carbons (Fsp3) is 0.214. The number of pyridine rings is 1. The number of benzene rings is 1. The third-order valence-corrected chi connectivity index (χ3v) is 2.88. The summed E-state index contributed by atoms with van der Waals surface area (Å²) >= 11 is 0. The quantitative estimate of drug-likeness (QED) is 0.895. The Bertz CT molecular complexity index is 639. The van der Waals surface area contributed by atoms with Crippen molar-refractivity contribution in [3.63, 3.8) is 0 Å². The number of rotatable bonds is 3. The standard InChI is InChI=1S/C14H14F2N2O/c1-8-5-13(19)18-9(2)14(8)17-7-10-3-4-11(15)12(16)6-10/h3-6,17H,7H2,1-2H3,(H,18,19). The summed E-state index contributed by atoms with van der Waals surface area (Å²) < 4.78 is 25.9. The molecule has 5 heteroatoms. The second-order valence-electron chi connectivity index (χ2n) is 4.42. The van der Waals surface area contributed by atoms with Crippen LogP contribution in [0.2, 0.25) is 0 Å². The lowest BCUT2D eigenvalue weighted by molar-refractivity contribution is 0.507. The van der Waals surface area contributed by atoms with Crippen LogP contribution in [-0.2, 0) is 6.54 Å². The van der Waals surface area contributed by atoms with E-state index in [4.69, 9.17) is 0 Å². The zero-order chi connectivity index (χ0) is 14.0. The Balaban J connectivity index is 2.19. The number of hydrogen-bond acceptors (Lipinski definition) is 2. The van der Waals surface area contributed by atoms with Crippen LogP contribution >= 0.6 is 0 Å². The predicted octanol–water partition coefficient (Wildman–Crippen LogP) is 2.88. The van der Waals surface area contributed by atoms with Gasteiger partial charge in [0.05, 0.1) is 5.69 Å². The summed E-state index contributed by atoms with van der Waals surface area (Å²) in [6.45, 7) is 3.95. The van der Waals surface area contributed by atoms with E-state index in [1.54, 1.807) is 6.92 Å². The number of hydrogen-bond donors (Lipinski definition) is 2. The van der Waals surface area contributed by atoms with Gasteiger partial charge in [-0.25, -0.2) is 8.78 Å². The Labute approximate surface area is 109 Å². The highest BCUT2D eigenvalue weighted by atomic mass is 19.2. The minimum absolute atomic E-state index is 0.159. The number of nitrogens with one attached hydrogen (secondary N) is 2. The summed E-state index contributed by atoms with van der Waals surface area (Å²) in [5.74, 6) is -1.73. The molecule has 0 atom stereocenters. The number of H-pyrrole nitrogens is 1. The van der Waals surface area contributed by atoms with E-state index in [1.165, 1.54) is 12.1 Å². The number of aryl methyl sites for hydroxylation is 2. The third-order valence-electron chi connectivity index (χ3n) is 2.88. The maximum atomic E-state index is 13.1. The monoisotopic (exact) mass is 264 g/mol. The minimum Gasteiger partial charge on any atom is -0.379 e. The fourth-order valence-electron chi connectivity index (χ4n) is 1.96. The van der Waals surface area contributed by atoms with Crippen LogP contribution in [-0.4, -0.2) is 4.98 Å². The van der Waals surface area contributed by atoms with Crippen molar-refractivity contribution in [2.45, 2.75) is 20.4 Å². The Morgan fingerprint density at radius 1 is 1.16 bits per heavy atom. The van der Waals surface area contributed by atoms with Gasteiger partial charge < -0.3 is 10.3 Å². The van der Waals surface area contributed by atoms with Gasteiger partial charge in [0.15, 0.2) is 11.6 Å². The van der Waals surface area contributed by atoms with Crippen LogP contribution in [0.5, 0.6) is 0 Å². The Morgan fingerprint density at radius 3 is 2.53 bits per heavy atom. The highest BCUT2D eigenvalue weighted by Gasteiger charge is 2.06. The molecule has 2 aromatic rings. The summed E-state index contributed by atoms with van der Waals surface area (Å²) in [6, 6.07) is 5.25. The highest BCUT2D eigenvalue weighted by Crippen LogP contribution is 2.17. The van der Waals surface area contributed by atoms with E-state index in [1.807, 2.05) is 6.92 Å². The second-order valence-corrected chi connectivity index (χ2v) is 4.42. The summed E-state index contributed by atoms with van der Waals surface area (Å²) in [5, 5.41) is 3.11. The number of aromatic nitrogens is 1. The molecular weight excluding hydrogens is 250 g/mol. The normalized spacial score (nSPS) is 10.5. The summed E-state index contributed by atoms with van der Waals surface area (Å²) in [4.78, 5) is 13.9. The average molecular weight is 264 g/mol. The van der Waals surface area contributed by atoms with Crippen molar-refractivity contribution in [2.24, 2.45) is 0 Å². The summed E-state index contributed by atoms with van der Waals surface area (Å²) in [5.41, 5.74) is 2.79. The van der Waals surface area contributed by atoms with Gasteiger partial charge in [-0.15, -0.1) is 0 Å². The van der Waals surface area contributed by atoms with E-state index >= 15 is 0 Å². The van der Waals surface area contributed by atoms with Gasteiger partial charge >= 0.3 is 0 Å². The predicted molar refractivity (Wildman–Crippen MR) is 70.2 cm³/mol. The van der Waals surface area contributed by atoms with E-state index < -0.39 is 11.6 Å². The highest BCUT2D eigenvalue weighted by molar-refractivity contribution is 5.53. The number of halogens is 2. The second kappa shape index (κ2) is 5.22. The van der Waals surface area contributed by atoms with Crippen molar-refractivity contribution in [3.8, 4) is 0 Å². The van der Waals surface area contributed by atoms with Crippen LogP contribution < -0.4 is 10.9 Å². The van der Waals surface area contributed by atoms with Crippen molar-refractivity contribution in [1.29, 1.82) is 0 Å². The largest absolute Gasteiger partial charge is 0.379 e. The van der Waals surface area contributed by atoms with E-state index in [-0.39, 0.29) is 5.56 Å². The first-order valence-corrected chi connectivity index (χ1v) is 5.85. The number of aromatic amines is 1. The first-order chi connectivity index (χ1) is 8.97. The van der Waals surface area contributed by atoms with Crippen molar-refractivity contribution in [3.05, 3.63) is 63.1 Å². The van der Waals surface area contributed by atoms with Crippen LogP contribution in [0.1, 0.15) is 16.8 Å². The molecule has 1 heterocycles. The van der Waals surface area contributed by atoms with E-state index in [0.29, 0.717) is 17.8 Å². The number of anilines is 1. The van der Waals surface area contributed by atoms with Gasteiger partial charge in [-0.05, 0) is 37.1 Å². The topological polar surface area (TPSA) is 44.9 Å². The fourth-order valence-corrected chi connectivity index (χ4v) is 1.96. The van der Waals surface area contributed by atoms with E-state index in [9.17, 15) is 13.6 Å². The molecule has 0 aliphatic rings. The molecule has 0 radical (unpaired) electrons. The molecule has 0 bridgehead atoms. The molecule has 1 aromatic carbocycles. The lowest BCUT2D eigenvalue weighted by Gasteiger charge is -2.12. The average Bonchev–Trinajstić information content (AvgIpc) is 2.32. The maximum absolute atomic E-state index is 13.1. The van der Waals surface area contributed by atoms with E-state index in [2.05, 4.69) is 10.3 Å². The summed E-state index contributed by atoms with van der Waals surface area (Å²) in [7, 11) is 0. The van der Waals surface area contributed by atoms with Crippen LogP contribution in [0, 0.1) is 25.5 Å². The molecular formula is C14H14F2N2O.